The minimum atomic E-state index is -0.432. The number of nitrogen functional groups attached to an aromatic ring is 1. The van der Waals surface area contributed by atoms with E-state index in [1.54, 1.807) is 0 Å². The molecule has 0 bridgehead atoms. The molecule has 0 fully saturated rings. The molecule has 3 nitrogen and oxygen atoms in total. The van der Waals surface area contributed by atoms with Crippen LogP contribution in [0.15, 0.2) is 36.4 Å². The lowest BCUT2D eigenvalue weighted by Gasteiger charge is -2.17. The van der Waals surface area contributed by atoms with E-state index in [1.807, 2.05) is 12.1 Å². The second-order valence-electron chi connectivity index (χ2n) is 5.29. The maximum Gasteiger partial charge on any atom is 0.138 e. The Bertz CT molecular complexity index is 697. The van der Waals surface area contributed by atoms with Gasteiger partial charge in [0, 0.05) is 0 Å². The van der Waals surface area contributed by atoms with Crippen LogP contribution < -0.4 is 10.5 Å². The average Bonchev–Trinajstić information content (AvgIpc) is 2.49. The van der Waals surface area contributed by atoms with Gasteiger partial charge in [0.05, 0.1) is 5.56 Å². The summed E-state index contributed by atoms with van der Waals surface area (Å²) in [7, 11) is 0. The molecule has 0 saturated heterocycles. The largest absolute Gasteiger partial charge is 0.457 e. The second kappa shape index (κ2) is 5.56. The summed E-state index contributed by atoms with van der Waals surface area (Å²) < 4.78 is 19.1. The number of nitrogens with two attached hydrogens (primary N) is 1. The van der Waals surface area contributed by atoms with Crippen molar-refractivity contribution in [2.24, 2.45) is 5.73 Å². The molecule has 2 aromatic rings. The molecule has 0 radical (unpaired) electrons. The van der Waals surface area contributed by atoms with Gasteiger partial charge >= 0.3 is 0 Å². The van der Waals surface area contributed by atoms with E-state index in [4.69, 9.17) is 15.9 Å². The summed E-state index contributed by atoms with van der Waals surface area (Å²) in [6.07, 6.45) is 4.62. The maximum atomic E-state index is 13.3. The van der Waals surface area contributed by atoms with Crippen LogP contribution >= 0.6 is 0 Å². The van der Waals surface area contributed by atoms with Gasteiger partial charge < -0.3 is 10.5 Å². The molecule has 1 aliphatic rings. The molecular weight excluding hydrogens is 267 g/mol. The molecule has 1 aliphatic carbocycles. The molecule has 3 rings (SSSR count). The third-order valence-electron chi connectivity index (χ3n) is 3.78. The molecule has 0 spiro atoms. The molecule has 108 valence electrons. The third-order valence-corrected chi connectivity index (χ3v) is 3.78. The Balaban J connectivity index is 1.92. The Hall–Kier alpha value is -2.36. The predicted octanol–water partition coefficient (Wildman–Crippen LogP) is 3.78. The van der Waals surface area contributed by atoms with Crippen molar-refractivity contribution in [1.82, 2.24) is 0 Å². The second-order valence-corrected chi connectivity index (χ2v) is 5.29. The number of ether oxygens (including phenoxy) is 1. The van der Waals surface area contributed by atoms with Gasteiger partial charge in [-0.25, -0.2) is 4.39 Å². The lowest BCUT2D eigenvalue weighted by atomic mass is 9.92. The van der Waals surface area contributed by atoms with Crippen LogP contribution in [0.3, 0.4) is 0 Å². The summed E-state index contributed by atoms with van der Waals surface area (Å²) in [6.45, 7) is 0. The zero-order valence-corrected chi connectivity index (χ0v) is 11.7. The minimum Gasteiger partial charge on any atom is -0.457 e. The van der Waals surface area contributed by atoms with Gasteiger partial charge in [0.2, 0.25) is 0 Å². The Morgan fingerprint density at radius 1 is 1.05 bits per heavy atom. The summed E-state index contributed by atoms with van der Waals surface area (Å²) in [5, 5.41) is 7.52. The van der Waals surface area contributed by atoms with E-state index in [1.165, 1.54) is 42.2 Å². The van der Waals surface area contributed by atoms with E-state index in [2.05, 4.69) is 6.07 Å². The van der Waals surface area contributed by atoms with E-state index >= 15 is 0 Å². The summed E-state index contributed by atoms with van der Waals surface area (Å²) in [5.41, 5.74) is 8.44. The van der Waals surface area contributed by atoms with Crippen LogP contribution in [0.5, 0.6) is 11.5 Å². The number of benzene rings is 2. The van der Waals surface area contributed by atoms with Gasteiger partial charge in [0.25, 0.3) is 0 Å². The molecule has 0 aliphatic heterocycles. The molecule has 0 aromatic heterocycles. The molecule has 2 aromatic carbocycles. The van der Waals surface area contributed by atoms with Crippen molar-refractivity contribution in [3.8, 4) is 11.5 Å². The fourth-order valence-corrected chi connectivity index (χ4v) is 2.70. The van der Waals surface area contributed by atoms with Crippen molar-refractivity contribution in [2.45, 2.75) is 25.7 Å². The minimum absolute atomic E-state index is 0.206. The van der Waals surface area contributed by atoms with E-state index in [0.29, 0.717) is 11.5 Å². The fourth-order valence-electron chi connectivity index (χ4n) is 2.70. The van der Waals surface area contributed by atoms with Crippen LogP contribution in [0.4, 0.5) is 4.39 Å². The van der Waals surface area contributed by atoms with Crippen LogP contribution in [0, 0.1) is 11.2 Å². The van der Waals surface area contributed by atoms with E-state index in [0.717, 1.165) is 12.8 Å². The number of halogens is 1. The van der Waals surface area contributed by atoms with Crippen molar-refractivity contribution in [1.29, 1.82) is 5.41 Å². The van der Waals surface area contributed by atoms with Crippen molar-refractivity contribution < 1.29 is 9.13 Å². The van der Waals surface area contributed by atoms with Crippen LogP contribution in [0.1, 0.15) is 29.5 Å². The third kappa shape index (κ3) is 2.89. The molecule has 3 N–H and O–H groups in total. The van der Waals surface area contributed by atoms with Gasteiger partial charge in [-0.05, 0) is 67.1 Å². The highest BCUT2D eigenvalue weighted by Crippen LogP contribution is 2.30. The number of fused-ring (bicyclic) bond motifs is 1. The van der Waals surface area contributed by atoms with Crippen molar-refractivity contribution in [2.75, 3.05) is 0 Å². The number of hydrogen-bond donors (Lipinski definition) is 2. The Labute approximate surface area is 123 Å². The highest BCUT2D eigenvalue weighted by molar-refractivity contribution is 5.97. The molecule has 0 heterocycles. The molecular formula is C17H17FN2O. The zero-order chi connectivity index (χ0) is 14.8. The first-order chi connectivity index (χ1) is 10.1. The Morgan fingerprint density at radius 2 is 1.81 bits per heavy atom. The van der Waals surface area contributed by atoms with Crippen molar-refractivity contribution in [3.05, 3.63) is 58.9 Å². The highest BCUT2D eigenvalue weighted by Gasteiger charge is 2.13. The number of aryl methyl sites for hydroxylation is 2. The van der Waals surface area contributed by atoms with Crippen LogP contribution in [0.2, 0.25) is 0 Å². The summed E-state index contributed by atoms with van der Waals surface area (Å²) in [6, 6.07) is 10.1. The highest BCUT2D eigenvalue weighted by atomic mass is 19.1. The number of rotatable bonds is 3. The van der Waals surface area contributed by atoms with E-state index in [-0.39, 0.29) is 11.4 Å². The number of amidine groups is 1. The van der Waals surface area contributed by atoms with Gasteiger partial charge in [0.15, 0.2) is 0 Å². The Kier molecular flexibility index (Phi) is 3.60. The number of nitrogens with one attached hydrogen (secondary N) is 1. The molecule has 4 heteroatoms. The summed E-state index contributed by atoms with van der Waals surface area (Å²) in [5.74, 6) is 0.463. The SMILES string of the molecule is N=C(N)c1cc(F)ccc1Oc1ccc2c(c1)CCCC2. The van der Waals surface area contributed by atoms with Crippen LogP contribution in [-0.2, 0) is 12.8 Å². The lowest BCUT2D eigenvalue weighted by Crippen LogP contribution is -2.12. The van der Waals surface area contributed by atoms with Gasteiger partial charge in [-0.15, -0.1) is 0 Å². The van der Waals surface area contributed by atoms with Crippen molar-refractivity contribution >= 4 is 5.84 Å². The first-order valence-corrected chi connectivity index (χ1v) is 7.07. The Morgan fingerprint density at radius 3 is 2.57 bits per heavy atom. The van der Waals surface area contributed by atoms with Gasteiger partial charge in [-0.2, -0.15) is 0 Å². The monoisotopic (exact) mass is 284 g/mol. The molecule has 0 atom stereocenters. The topological polar surface area (TPSA) is 59.1 Å². The summed E-state index contributed by atoms with van der Waals surface area (Å²) >= 11 is 0. The first kappa shape index (κ1) is 13.6. The number of hydrogen-bond acceptors (Lipinski definition) is 2. The molecule has 0 saturated carbocycles. The van der Waals surface area contributed by atoms with Gasteiger partial charge in [0.1, 0.15) is 23.2 Å². The smallest absolute Gasteiger partial charge is 0.138 e. The maximum absolute atomic E-state index is 13.3. The normalized spacial score (nSPS) is 13.6. The van der Waals surface area contributed by atoms with Gasteiger partial charge in [-0.3, -0.25) is 5.41 Å². The standard InChI is InChI=1S/C17H17FN2O/c18-13-6-8-16(15(10-13)17(19)20)21-14-7-5-11-3-1-2-4-12(11)9-14/h5-10H,1-4H2,(H3,19,20). The fraction of sp³-hybridized carbons (Fsp3) is 0.235. The van der Waals surface area contributed by atoms with Crippen molar-refractivity contribution in [3.63, 3.8) is 0 Å². The predicted molar refractivity (Wildman–Crippen MR) is 80.6 cm³/mol. The van der Waals surface area contributed by atoms with E-state index < -0.39 is 5.82 Å². The molecule has 0 unspecified atom stereocenters. The van der Waals surface area contributed by atoms with Crippen LogP contribution in [0.25, 0.3) is 0 Å². The molecule has 21 heavy (non-hydrogen) atoms. The lowest BCUT2D eigenvalue weighted by molar-refractivity contribution is 0.477. The average molecular weight is 284 g/mol. The first-order valence-electron chi connectivity index (χ1n) is 7.07. The van der Waals surface area contributed by atoms with Crippen LogP contribution in [-0.4, -0.2) is 5.84 Å². The molecule has 0 amide bonds. The summed E-state index contributed by atoms with van der Waals surface area (Å²) in [4.78, 5) is 0. The van der Waals surface area contributed by atoms with E-state index in [9.17, 15) is 4.39 Å². The zero-order valence-electron chi connectivity index (χ0n) is 11.7. The van der Waals surface area contributed by atoms with Gasteiger partial charge in [-0.1, -0.05) is 6.07 Å². The quantitative estimate of drug-likeness (QED) is 0.665.